The van der Waals surface area contributed by atoms with Gasteiger partial charge in [0, 0.05) is 11.6 Å². The van der Waals surface area contributed by atoms with Gasteiger partial charge in [-0.1, -0.05) is 24.3 Å². The number of furan rings is 1. The molecule has 0 unspecified atom stereocenters. The number of rotatable bonds is 5. The van der Waals surface area contributed by atoms with Gasteiger partial charge >= 0.3 is 0 Å². The molecule has 31 heavy (non-hydrogen) atoms. The van der Waals surface area contributed by atoms with Crippen molar-refractivity contribution in [2.24, 2.45) is 0 Å². The summed E-state index contributed by atoms with van der Waals surface area (Å²) >= 11 is 0.792. The van der Waals surface area contributed by atoms with E-state index in [1.165, 1.54) is 42.5 Å². The maximum absolute atomic E-state index is 13.1. The minimum Gasteiger partial charge on any atom is -0.545 e. The van der Waals surface area contributed by atoms with Gasteiger partial charge in [0.25, 0.3) is 11.1 Å². The van der Waals surface area contributed by atoms with E-state index in [-0.39, 0.29) is 17.0 Å². The average Bonchev–Trinajstić information content (AvgIpc) is 3.30. The van der Waals surface area contributed by atoms with Crippen LogP contribution in [0.25, 0.3) is 17.4 Å². The molecule has 2 aromatic carbocycles. The summed E-state index contributed by atoms with van der Waals surface area (Å²) in [5.41, 5.74) is 2.06. The molecule has 1 aromatic heterocycles. The third-order valence-corrected chi connectivity index (χ3v) is 5.67. The smallest absolute Gasteiger partial charge is 0.293 e. The molecule has 0 radical (unpaired) electrons. The minimum atomic E-state index is -1.29. The summed E-state index contributed by atoms with van der Waals surface area (Å²) in [5, 5.41) is 10.7. The number of carboxylic acid groups (broad SMARTS) is 1. The Labute approximate surface area is 181 Å². The fourth-order valence-corrected chi connectivity index (χ4v) is 3.95. The summed E-state index contributed by atoms with van der Waals surface area (Å²) in [6.45, 7) is 1.86. The average molecular weight is 436 g/mol. The van der Waals surface area contributed by atoms with Gasteiger partial charge in [-0.3, -0.25) is 14.5 Å². The molecule has 0 atom stereocenters. The lowest BCUT2D eigenvalue weighted by Gasteiger charge is -2.12. The number of amides is 2. The summed E-state index contributed by atoms with van der Waals surface area (Å²) in [6, 6.07) is 13.4. The van der Waals surface area contributed by atoms with Crippen molar-refractivity contribution in [3.05, 3.63) is 87.8 Å². The van der Waals surface area contributed by atoms with E-state index in [1.807, 2.05) is 6.92 Å². The van der Waals surface area contributed by atoms with E-state index >= 15 is 0 Å². The Morgan fingerprint density at radius 2 is 1.87 bits per heavy atom. The number of aromatic carboxylic acids is 1. The van der Waals surface area contributed by atoms with Crippen molar-refractivity contribution < 1.29 is 28.3 Å². The molecule has 0 bridgehead atoms. The lowest BCUT2D eigenvalue weighted by Crippen LogP contribution is -2.27. The largest absolute Gasteiger partial charge is 0.545 e. The number of halogens is 1. The van der Waals surface area contributed by atoms with Crippen LogP contribution in [-0.2, 0) is 11.3 Å². The quantitative estimate of drug-likeness (QED) is 0.562. The first-order valence-corrected chi connectivity index (χ1v) is 10.1. The van der Waals surface area contributed by atoms with Crippen molar-refractivity contribution in [2.75, 3.05) is 0 Å². The van der Waals surface area contributed by atoms with Crippen LogP contribution in [0.15, 0.2) is 63.9 Å². The number of carbonyl (C=O) groups excluding carboxylic acids is 3. The summed E-state index contributed by atoms with van der Waals surface area (Å²) < 4.78 is 18.8. The highest BCUT2D eigenvalue weighted by Gasteiger charge is 2.35. The minimum absolute atomic E-state index is 0.0282. The summed E-state index contributed by atoms with van der Waals surface area (Å²) in [7, 11) is 0. The fraction of sp³-hybridized carbons (Fsp3) is 0.0870. The van der Waals surface area contributed by atoms with E-state index in [9.17, 15) is 23.9 Å². The second-order valence-corrected chi connectivity index (χ2v) is 7.91. The van der Waals surface area contributed by atoms with Crippen LogP contribution < -0.4 is 5.11 Å². The highest BCUT2D eigenvalue weighted by atomic mass is 32.2. The van der Waals surface area contributed by atoms with Gasteiger partial charge in [0.1, 0.15) is 17.3 Å². The van der Waals surface area contributed by atoms with Gasteiger partial charge in [-0.15, -0.1) is 0 Å². The fourth-order valence-electron chi connectivity index (χ4n) is 3.13. The van der Waals surface area contributed by atoms with Crippen LogP contribution in [0.4, 0.5) is 9.18 Å². The van der Waals surface area contributed by atoms with Gasteiger partial charge in [-0.25, -0.2) is 4.39 Å². The number of thioether (sulfide) groups is 1. The van der Waals surface area contributed by atoms with Gasteiger partial charge in [-0.2, -0.15) is 0 Å². The van der Waals surface area contributed by atoms with Crippen molar-refractivity contribution in [2.45, 2.75) is 13.5 Å². The van der Waals surface area contributed by atoms with Crippen LogP contribution in [0.5, 0.6) is 0 Å². The molecule has 1 aliphatic heterocycles. The van der Waals surface area contributed by atoms with Crippen LogP contribution in [0.3, 0.4) is 0 Å². The van der Waals surface area contributed by atoms with Crippen LogP contribution in [-0.4, -0.2) is 22.0 Å². The van der Waals surface area contributed by atoms with Crippen molar-refractivity contribution in [1.82, 2.24) is 4.90 Å². The molecule has 3 aromatic rings. The molecule has 2 heterocycles. The molecule has 4 rings (SSSR count). The maximum Gasteiger partial charge on any atom is 0.293 e. The summed E-state index contributed by atoms with van der Waals surface area (Å²) in [6.07, 6.45) is 1.47. The molecule has 1 aliphatic rings. The van der Waals surface area contributed by atoms with Crippen molar-refractivity contribution in [3.8, 4) is 11.3 Å². The molecule has 6 nitrogen and oxygen atoms in total. The monoisotopic (exact) mass is 436 g/mol. The molecule has 0 spiro atoms. The number of aryl methyl sites for hydroxylation is 1. The van der Waals surface area contributed by atoms with E-state index in [1.54, 1.807) is 18.2 Å². The highest BCUT2D eigenvalue weighted by Crippen LogP contribution is 2.34. The molecule has 0 aliphatic carbocycles. The molecule has 1 fully saturated rings. The van der Waals surface area contributed by atoms with Crippen molar-refractivity contribution >= 4 is 35.0 Å². The Kier molecular flexibility index (Phi) is 5.48. The predicted octanol–water partition coefficient (Wildman–Crippen LogP) is 3.99. The topological polar surface area (TPSA) is 90.6 Å². The molecule has 1 saturated heterocycles. The van der Waals surface area contributed by atoms with Crippen LogP contribution in [0, 0.1) is 12.7 Å². The summed E-state index contributed by atoms with van der Waals surface area (Å²) in [5.74, 6) is -1.38. The zero-order valence-corrected chi connectivity index (χ0v) is 17.1. The second kappa shape index (κ2) is 8.23. The molecule has 8 heteroatoms. The van der Waals surface area contributed by atoms with E-state index in [0.717, 1.165) is 22.2 Å². The van der Waals surface area contributed by atoms with Crippen LogP contribution in [0.1, 0.15) is 27.2 Å². The molecule has 2 amide bonds. The first kappa shape index (κ1) is 20.6. The van der Waals surface area contributed by atoms with Crippen molar-refractivity contribution in [3.63, 3.8) is 0 Å². The normalized spacial score (nSPS) is 15.2. The molecule has 0 saturated carbocycles. The van der Waals surface area contributed by atoms with Gasteiger partial charge in [-0.05, 0) is 65.7 Å². The maximum atomic E-state index is 13.1. The number of nitrogens with zero attached hydrogens (tertiary/aromatic N) is 1. The number of carbonyl (C=O) groups is 3. The zero-order chi connectivity index (χ0) is 22.1. The Hall–Kier alpha value is -3.65. The first-order chi connectivity index (χ1) is 14.8. The Bertz CT molecular complexity index is 1230. The molecular formula is C23H15FNO5S-. The van der Waals surface area contributed by atoms with Crippen LogP contribution >= 0.6 is 11.8 Å². The zero-order valence-electron chi connectivity index (χ0n) is 16.3. The Morgan fingerprint density at radius 3 is 2.58 bits per heavy atom. The van der Waals surface area contributed by atoms with Gasteiger partial charge in [0.2, 0.25) is 0 Å². The van der Waals surface area contributed by atoms with E-state index in [0.29, 0.717) is 22.6 Å². The number of benzene rings is 2. The lowest BCUT2D eigenvalue weighted by molar-refractivity contribution is -0.255. The SMILES string of the molecule is Cc1ccc(C(=O)[O-])cc1-c1ccc(/C=C2\SC(=O)N(Cc3ccc(F)cc3)C2=O)o1. The predicted molar refractivity (Wildman–Crippen MR) is 111 cm³/mol. The lowest BCUT2D eigenvalue weighted by atomic mass is 10.0. The van der Waals surface area contributed by atoms with E-state index in [4.69, 9.17) is 4.42 Å². The van der Waals surface area contributed by atoms with Crippen molar-refractivity contribution in [1.29, 1.82) is 0 Å². The Balaban J connectivity index is 1.56. The number of hydrogen-bond donors (Lipinski definition) is 0. The Morgan fingerprint density at radius 1 is 1.13 bits per heavy atom. The van der Waals surface area contributed by atoms with Crippen LogP contribution in [0.2, 0.25) is 0 Å². The standard InChI is InChI=1S/C23H16FNO5S/c1-13-2-5-15(22(27)28)10-18(13)19-9-8-17(30-19)11-20-21(26)25(23(29)31-20)12-14-3-6-16(24)7-4-14/h2-11H,12H2,1H3,(H,27,28)/p-1/b20-11-. The molecular weight excluding hydrogens is 421 g/mol. The number of imide groups is 1. The highest BCUT2D eigenvalue weighted by molar-refractivity contribution is 8.18. The molecule has 0 N–H and O–H groups in total. The van der Waals surface area contributed by atoms with Gasteiger partial charge in [0.05, 0.1) is 17.4 Å². The van der Waals surface area contributed by atoms with Gasteiger partial charge < -0.3 is 14.3 Å². The summed E-state index contributed by atoms with van der Waals surface area (Å²) in [4.78, 5) is 37.4. The van der Waals surface area contributed by atoms with Gasteiger partial charge in [0.15, 0.2) is 0 Å². The third kappa shape index (κ3) is 4.29. The second-order valence-electron chi connectivity index (χ2n) is 6.91. The first-order valence-electron chi connectivity index (χ1n) is 9.24. The van der Waals surface area contributed by atoms with E-state index in [2.05, 4.69) is 0 Å². The number of carboxylic acids is 1. The van der Waals surface area contributed by atoms with E-state index < -0.39 is 22.9 Å². The number of hydrogen-bond acceptors (Lipinski definition) is 6. The third-order valence-electron chi connectivity index (χ3n) is 4.77. The molecule has 156 valence electrons.